The number of ether oxygens (including phenoxy) is 2. The Morgan fingerprint density at radius 2 is 1.95 bits per heavy atom. The van der Waals surface area contributed by atoms with E-state index in [9.17, 15) is 4.79 Å². The van der Waals surface area contributed by atoms with Gasteiger partial charge in [-0.1, -0.05) is 12.1 Å². The number of benzene rings is 1. The SMILES string of the molecule is CCOc1ccccc1NC(=O)C1CCC(OC)CC1. The van der Waals surface area contributed by atoms with Gasteiger partial charge < -0.3 is 14.8 Å². The van der Waals surface area contributed by atoms with Crippen molar-refractivity contribution >= 4 is 11.6 Å². The first-order valence-corrected chi connectivity index (χ1v) is 7.30. The summed E-state index contributed by atoms with van der Waals surface area (Å²) >= 11 is 0. The highest BCUT2D eigenvalue weighted by atomic mass is 16.5. The Morgan fingerprint density at radius 3 is 2.60 bits per heavy atom. The summed E-state index contributed by atoms with van der Waals surface area (Å²) in [6.45, 7) is 2.52. The molecule has 0 saturated heterocycles. The molecule has 2 rings (SSSR count). The van der Waals surface area contributed by atoms with E-state index in [1.807, 2.05) is 31.2 Å². The summed E-state index contributed by atoms with van der Waals surface area (Å²) in [6.07, 6.45) is 4.01. The first-order valence-electron chi connectivity index (χ1n) is 7.30. The van der Waals surface area contributed by atoms with Crippen LogP contribution in [0.25, 0.3) is 0 Å². The summed E-state index contributed by atoms with van der Waals surface area (Å²) in [5, 5.41) is 2.99. The van der Waals surface area contributed by atoms with Crippen molar-refractivity contribution < 1.29 is 14.3 Å². The fourth-order valence-electron chi connectivity index (χ4n) is 2.65. The molecule has 1 amide bonds. The molecule has 0 atom stereocenters. The van der Waals surface area contributed by atoms with Crippen molar-refractivity contribution in [1.82, 2.24) is 0 Å². The number of para-hydroxylation sites is 2. The molecule has 1 saturated carbocycles. The van der Waals surface area contributed by atoms with Crippen LogP contribution in [0.3, 0.4) is 0 Å². The number of hydrogen-bond donors (Lipinski definition) is 1. The van der Waals surface area contributed by atoms with Gasteiger partial charge in [0, 0.05) is 13.0 Å². The number of hydrogen-bond acceptors (Lipinski definition) is 3. The summed E-state index contributed by atoms with van der Waals surface area (Å²) in [4.78, 5) is 12.3. The number of anilines is 1. The molecule has 1 aromatic rings. The normalized spacial score (nSPS) is 22.3. The molecule has 20 heavy (non-hydrogen) atoms. The van der Waals surface area contributed by atoms with E-state index in [-0.39, 0.29) is 11.8 Å². The van der Waals surface area contributed by atoms with Crippen LogP contribution in [-0.2, 0) is 9.53 Å². The third kappa shape index (κ3) is 3.73. The number of carbonyl (C=O) groups is 1. The molecular formula is C16H23NO3. The summed E-state index contributed by atoms with van der Waals surface area (Å²) in [5.41, 5.74) is 0.758. The van der Waals surface area contributed by atoms with Gasteiger partial charge in [-0.2, -0.15) is 0 Å². The van der Waals surface area contributed by atoms with Crippen molar-refractivity contribution in [3.05, 3.63) is 24.3 Å². The van der Waals surface area contributed by atoms with E-state index in [2.05, 4.69) is 5.32 Å². The Hall–Kier alpha value is -1.55. The number of methoxy groups -OCH3 is 1. The lowest BCUT2D eigenvalue weighted by molar-refractivity contribution is -0.121. The molecule has 0 aromatic heterocycles. The summed E-state index contributed by atoms with van der Waals surface area (Å²) in [7, 11) is 1.74. The van der Waals surface area contributed by atoms with Gasteiger partial charge in [0.1, 0.15) is 5.75 Å². The molecule has 0 spiro atoms. The molecule has 1 fully saturated rings. The molecule has 0 unspecified atom stereocenters. The minimum atomic E-state index is 0.0797. The van der Waals surface area contributed by atoms with Crippen molar-refractivity contribution in [2.24, 2.45) is 5.92 Å². The van der Waals surface area contributed by atoms with E-state index < -0.39 is 0 Å². The predicted octanol–water partition coefficient (Wildman–Crippen LogP) is 3.23. The van der Waals surface area contributed by atoms with Gasteiger partial charge in [-0.3, -0.25) is 4.79 Å². The van der Waals surface area contributed by atoms with Crippen LogP contribution in [0.2, 0.25) is 0 Å². The minimum Gasteiger partial charge on any atom is -0.492 e. The number of amides is 1. The van der Waals surface area contributed by atoms with E-state index in [1.165, 1.54) is 0 Å². The van der Waals surface area contributed by atoms with Crippen molar-refractivity contribution in [2.45, 2.75) is 38.7 Å². The highest BCUT2D eigenvalue weighted by Crippen LogP contribution is 2.29. The van der Waals surface area contributed by atoms with Crippen LogP contribution in [0.4, 0.5) is 5.69 Å². The first kappa shape index (κ1) is 14.9. The molecular weight excluding hydrogens is 254 g/mol. The highest BCUT2D eigenvalue weighted by molar-refractivity contribution is 5.94. The van der Waals surface area contributed by atoms with Gasteiger partial charge in [0.05, 0.1) is 18.4 Å². The molecule has 4 nitrogen and oxygen atoms in total. The molecule has 0 aliphatic heterocycles. The predicted molar refractivity (Wildman–Crippen MR) is 79.0 cm³/mol. The van der Waals surface area contributed by atoms with Gasteiger partial charge in [-0.15, -0.1) is 0 Å². The number of carbonyl (C=O) groups excluding carboxylic acids is 1. The van der Waals surface area contributed by atoms with Crippen molar-refractivity contribution in [2.75, 3.05) is 19.0 Å². The molecule has 1 aliphatic carbocycles. The van der Waals surface area contributed by atoms with E-state index >= 15 is 0 Å². The van der Waals surface area contributed by atoms with E-state index in [1.54, 1.807) is 7.11 Å². The second kappa shape index (κ2) is 7.29. The van der Waals surface area contributed by atoms with E-state index in [4.69, 9.17) is 9.47 Å². The zero-order valence-corrected chi connectivity index (χ0v) is 12.2. The van der Waals surface area contributed by atoms with Gasteiger partial charge in [0.25, 0.3) is 0 Å². The first-order chi connectivity index (χ1) is 9.74. The highest BCUT2D eigenvalue weighted by Gasteiger charge is 2.26. The van der Waals surface area contributed by atoms with Crippen LogP contribution in [0.1, 0.15) is 32.6 Å². The third-order valence-corrected chi connectivity index (χ3v) is 3.82. The zero-order chi connectivity index (χ0) is 14.4. The van der Waals surface area contributed by atoms with Crippen LogP contribution in [0.15, 0.2) is 24.3 Å². The summed E-state index contributed by atoms with van der Waals surface area (Å²) in [5.74, 6) is 0.900. The maximum Gasteiger partial charge on any atom is 0.227 e. The average molecular weight is 277 g/mol. The Bertz CT molecular complexity index is 439. The minimum absolute atomic E-state index is 0.0797. The Balaban J connectivity index is 1.95. The molecule has 1 aliphatic rings. The van der Waals surface area contributed by atoms with Gasteiger partial charge >= 0.3 is 0 Å². The van der Waals surface area contributed by atoms with Gasteiger partial charge in [-0.25, -0.2) is 0 Å². The van der Waals surface area contributed by atoms with Crippen molar-refractivity contribution in [1.29, 1.82) is 0 Å². The summed E-state index contributed by atoms with van der Waals surface area (Å²) < 4.78 is 10.9. The van der Waals surface area contributed by atoms with Gasteiger partial charge in [0.15, 0.2) is 0 Å². The van der Waals surface area contributed by atoms with Crippen LogP contribution >= 0.6 is 0 Å². The molecule has 0 heterocycles. The lowest BCUT2D eigenvalue weighted by Gasteiger charge is -2.26. The fourth-order valence-corrected chi connectivity index (χ4v) is 2.65. The molecule has 1 aromatic carbocycles. The number of rotatable bonds is 5. The fraction of sp³-hybridized carbons (Fsp3) is 0.562. The smallest absolute Gasteiger partial charge is 0.227 e. The quantitative estimate of drug-likeness (QED) is 0.899. The lowest BCUT2D eigenvalue weighted by atomic mass is 9.87. The van der Waals surface area contributed by atoms with Gasteiger partial charge in [0.2, 0.25) is 5.91 Å². The number of nitrogens with one attached hydrogen (secondary N) is 1. The zero-order valence-electron chi connectivity index (χ0n) is 12.2. The second-order valence-corrected chi connectivity index (χ2v) is 5.13. The third-order valence-electron chi connectivity index (χ3n) is 3.82. The van der Waals surface area contributed by atoms with Crippen LogP contribution in [0.5, 0.6) is 5.75 Å². The molecule has 1 N–H and O–H groups in total. The maximum atomic E-state index is 12.3. The summed E-state index contributed by atoms with van der Waals surface area (Å²) in [6, 6.07) is 7.56. The molecule has 0 radical (unpaired) electrons. The van der Waals surface area contributed by atoms with E-state index in [0.29, 0.717) is 12.7 Å². The molecule has 0 bridgehead atoms. The van der Waals surface area contributed by atoms with Crippen molar-refractivity contribution in [3.8, 4) is 5.75 Å². The molecule has 4 heteroatoms. The van der Waals surface area contributed by atoms with Gasteiger partial charge in [-0.05, 0) is 44.7 Å². The monoisotopic (exact) mass is 277 g/mol. The molecule has 110 valence electrons. The average Bonchev–Trinajstić information content (AvgIpc) is 2.49. The Labute approximate surface area is 120 Å². The standard InChI is InChI=1S/C16H23NO3/c1-3-20-15-7-5-4-6-14(15)17-16(18)12-8-10-13(19-2)11-9-12/h4-7,12-13H,3,8-11H2,1-2H3,(H,17,18). The van der Waals surface area contributed by atoms with Crippen LogP contribution < -0.4 is 10.1 Å². The van der Waals surface area contributed by atoms with Crippen molar-refractivity contribution in [3.63, 3.8) is 0 Å². The Kier molecular flexibility index (Phi) is 5.41. The Morgan fingerprint density at radius 1 is 1.25 bits per heavy atom. The van der Waals surface area contributed by atoms with E-state index in [0.717, 1.165) is 37.1 Å². The largest absolute Gasteiger partial charge is 0.492 e. The van der Waals surface area contributed by atoms with Crippen LogP contribution in [-0.4, -0.2) is 25.7 Å². The maximum absolute atomic E-state index is 12.3. The lowest BCUT2D eigenvalue weighted by Crippen LogP contribution is -2.29. The second-order valence-electron chi connectivity index (χ2n) is 5.13. The van der Waals surface area contributed by atoms with Crippen LogP contribution in [0, 0.1) is 5.92 Å². The topological polar surface area (TPSA) is 47.6 Å².